The second-order valence-corrected chi connectivity index (χ2v) is 10.7. The maximum Gasteiger partial charge on any atom is 0.232 e. The fourth-order valence-corrected chi connectivity index (χ4v) is 5.07. The van der Waals surface area contributed by atoms with E-state index in [0.29, 0.717) is 64.8 Å². The van der Waals surface area contributed by atoms with Crippen LogP contribution in [-0.2, 0) is 46.4 Å². The Morgan fingerprint density at radius 2 is 1.74 bits per heavy atom. The lowest BCUT2D eigenvalue weighted by molar-refractivity contribution is -0.140. The van der Waals surface area contributed by atoms with Crippen molar-refractivity contribution in [3.63, 3.8) is 0 Å². The molecule has 0 radical (unpaired) electrons. The van der Waals surface area contributed by atoms with Gasteiger partial charge >= 0.3 is 0 Å². The highest BCUT2D eigenvalue weighted by atomic mass is 16.5. The van der Waals surface area contributed by atoms with E-state index in [4.69, 9.17) is 9.47 Å². The lowest BCUT2D eigenvalue weighted by atomic mass is 9.79. The molecule has 1 atom stereocenters. The highest BCUT2D eigenvalue weighted by Gasteiger charge is 2.37. The third-order valence-electron chi connectivity index (χ3n) is 7.56. The molecule has 39 heavy (non-hydrogen) atoms. The van der Waals surface area contributed by atoms with Gasteiger partial charge in [-0.05, 0) is 38.0 Å². The Kier molecular flexibility index (Phi) is 12.4. The predicted molar refractivity (Wildman–Crippen MR) is 140 cm³/mol. The second kappa shape index (κ2) is 15.7. The molecule has 0 spiro atoms. The molecule has 0 bridgehead atoms. The summed E-state index contributed by atoms with van der Waals surface area (Å²) in [5, 5.41) is 8.26. The first kappa shape index (κ1) is 30.7. The zero-order valence-corrected chi connectivity index (χ0v) is 23.3. The number of carbonyl (C=O) groups is 5. The third-order valence-corrected chi connectivity index (χ3v) is 7.56. The molecule has 1 unspecified atom stereocenters. The lowest BCUT2D eigenvalue weighted by Crippen LogP contribution is -2.36. The third kappa shape index (κ3) is 10.0. The highest BCUT2D eigenvalue weighted by Crippen LogP contribution is 2.32. The highest BCUT2D eigenvalue weighted by molar-refractivity contribution is 6.03. The van der Waals surface area contributed by atoms with E-state index in [-0.39, 0.29) is 60.1 Å². The Labute approximate surface area is 229 Å². The molecule has 0 aromatic carbocycles. The standard InChI is InChI=1S/C28H42N4O7/c1-3-24(33)18-39-19-25(34)5-4-13-38-14-12-31-17-23(29-30-31)10-11-26(35)22-8-6-21(7-9-22)16-32-27(36)15-20(2)28(32)37/h17,20-22H,3-16,18-19H2,1-2H3. The number of aromatic nitrogens is 3. The number of rotatable bonds is 18. The van der Waals surface area contributed by atoms with Crippen LogP contribution >= 0.6 is 0 Å². The summed E-state index contributed by atoms with van der Waals surface area (Å²) in [7, 11) is 0. The minimum absolute atomic E-state index is 0.0135. The minimum atomic E-state index is -0.209. The Morgan fingerprint density at radius 1 is 1.00 bits per heavy atom. The minimum Gasteiger partial charge on any atom is -0.380 e. The monoisotopic (exact) mass is 546 g/mol. The molecule has 1 saturated heterocycles. The Bertz CT molecular complexity index is 1000. The van der Waals surface area contributed by atoms with E-state index >= 15 is 0 Å². The first-order valence-electron chi connectivity index (χ1n) is 14.2. The van der Waals surface area contributed by atoms with Crippen LogP contribution in [0.5, 0.6) is 0 Å². The summed E-state index contributed by atoms with van der Waals surface area (Å²) in [6, 6.07) is 0. The molecular weight excluding hydrogens is 504 g/mol. The molecule has 2 amide bonds. The second-order valence-electron chi connectivity index (χ2n) is 10.7. The first-order chi connectivity index (χ1) is 18.8. The van der Waals surface area contributed by atoms with Gasteiger partial charge in [0.25, 0.3) is 0 Å². The molecule has 3 rings (SSSR count). The largest absolute Gasteiger partial charge is 0.380 e. The maximum absolute atomic E-state index is 12.8. The molecule has 2 fully saturated rings. The molecule has 1 saturated carbocycles. The summed E-state index contributed by atoms with van der Waals surface area (Å²) < 4.78 is 12.4. The SMILES string of the molecule is CCC(=O)COCC(=O)CCCOCCn1cc(CCC(=O)C2CCC(CN3C(=O)CC(C)C3=O)CC2)nn1. The number of carbonyl (C=O) groups excluding carboxylic acids is 5. The number of amides is 2. The summed E-state index contributed by atoms with van der Waals surface area (Å²) in [4.78, 5) is 61.3. The van der Waals surface area contributed by atoms with Crippen LogP contribution < -0.4 is 0 Å². The molecule has 1 aliphatic carbocycles. The number of nitrogens with zero attached hydrogens (tertiary/aromatic N) is 4. The fraction of sp³-hybridized carbons (Fsp3) is 0.750. The Balaban J connectivity index is 1.23. The van der Waals surface area contributed by atoms with Crippen molar-refractivity contribution >= 4 is 29.2 Å². The topological polar surface area (TPSA) is 138 Å². The van der Waals surface area contributed by atoms with Crippen LogP contribution in [0.4, 0.5) is 0 Å². The number of Topliss-reactive ketones (excluding diaryl/α,β-unsaturated/α-hetero) is 3. The van der Waals surface area contributed by atoms with Gasteiger partial charge in [-0.1, -0.05) is 19.1 Å². The van der Waals surface area contributed by atoms with Gasteiger partial charge in [0.1, 0.15) is 19.0 Å². The smallest absolute Gasteiger partial charge is 0.232 e. The van der Waals surface area contributed by atoms with Crippen LogP contribution in [0.2, 0.25) is 0 Å². The predicted octanol–water partition coefficient (Wildman–Crippen LogP) is 2.34. The Hall–Kier alpha value is -2.79. The van der Waals surface area contributed by atoms with Crippen LogP contribution in [0.3, 0.4) is 0 Å². The van der Waals surface area contributed by atoms with Crippen molar-refractivity contribution in [3.05, 3.63) is 11.9 Å². The van der Waals surface area contributed by atoms with Crippen LogP contribution in [0.15, 0.2) is 6.20 Å². The quantitative estimate of drug-likeness (QED) is 0.201. The van der Waals surface area contributed by atoms with Crippen molar-refractivity contribution in [1.29, 1.82) is 0 Å². The molecule has 11 nitrogen and oxygen atoms in total. The van der Waals surface area contributed by atoms with Crippen molar-refractivity contribution in [2.75, 3.05) is 33.0 Å². The average Bonchev–Trinajstić information content (AvgIpc) is 3.48. The zero-order chi connectivity index (χ0) is 28.2. The Morgan fingerprint density at radius 3 is 2.44 bits per heavy atom. The zero-order valence-electron chi connectivity index (χ0n) is 23.3. The van der Waals surface area contributed by atoms with Crippen LogP contribution in [0.1, 0.15) is 77.3 Å². The maximum atomic E-state index is 12.8. The van der Waals surface area contributed by atoms with Gasteiger partial charge < -0.3 is 9.47 Å². The van der Waals surface area contributed by atoms with Crippen molar-refractivity contribution in [2.24, 2.45) is 17.8 Å². The van der Waals surface area contributed by atoms with Gasteiger partial charge in [0.15, 0.2) is 11.6 Å². The molecule has 216 valence electrons. The summed E-state index contributed by atoms with van der Waals surface area (Å²) in [5.41, 5.74) is 0.768. The molecule has 2 aliphatic rings. The van der Waals surface area contributed by atoms with Crippen LogP contribution in [-0.4, -0.2) is 82.0 Å². The van der Waals surface area contributed by atoms with Gasteiger partial charge in [-0.25, -0.2) is 4.68 Å². The van der Waals surface area contributed by atoms with E-state index in [0.717, 1.165) is 31.4 Å². The number of hydrogen-bond donors (Lipinski definition) is 0. The normalized spacial score (nSPS) is 21.5. The lowest BCUT2D eigenvalue weighted by Gasteiger charge is -2.30. The van der Waals surface area contributed by atoms with Crippen molar-refractivity contribution < 1.29 is 33.4 Å². The average molecular weight is 547 g/mol. The van der Waals surface area contributed by atoms with Crippen LogP contribution in [0.25, 0.3) is 0 Å². The molecule has 1 aromatic rings. The summed E-state index contributed by atoms with van der Waals surface area (Å²) in [6.07, 6.45) is 7.78. The van der Waals surface area contributed by atoms with Crippen LogP contribution in [0, 0.1) is 17.8 Å². The van der Waals surface area contributed by atoms with Crippen molar-refractivity contribution in [3.8, 4) is 0 Å². The number of hydrogen-bond acceptors (Lipinski definition) is 9. The van der Waals surface area contributed by atoms with Gasteiger partial charge in [-0.2, -0.15) is 0 Å². The number of ether oxygens (including phenoxy) is 2. The molecular formula is C28H42N4O7. The fourth-order valence-electron chi connectivity index (χ4n) is 5.07. The molecule has 0 N–H and O–H groups in total. The van der Waals surface area contributed by atoms with Gasteiger partial charge in [0.05, 0.1) is 18.8 Å². The van der Waals surface area contributed by atoms with Crippen molar-refractivity contribution in [2.45, 2.75) is 84.6 Å². The summed E-state index contributed by atoms with van der Waals surface area (Å²) >= 11 is 0. The number of ketones is 3. The van der Waals surface area contributed by atoms with E-state index in [9.17, 15) is 24.0 Å². The van der Waals surface area contributed by atoms with E-state index in [2.05, 4.69) is 10.3 Å². The molecule has 1 aliphatic heterocycles. The number of likely N-dealkylation sites (tertiary alicyclic amines) is 1. The molecule has 1 aromatic heterocycles. The van der Waals surface area contributed by atoms with Gasteiger partial charge in [-0.15, -0.1) is 5.10 Å². The number of aryl methyl sites for hydroxylation is 1. The molecule has 11 heteroatoms. The first-order valence-corrected chi connectivity index (χ1v) is 14.2. The van der Waals surface area contributed by atoms with E-state index in [1.807, 2.05) is 6.20 Å². The summed E-state index contributed by atoms with van der Waals surface area (Å²) in [6.45, 7) is 5.41. The van der Waals surface area contributed by atoms with Gasteiger partial charge in [-0.3, -0.25) is 28.9 Å². The summed E-state index contributed by atoms with van der Waals surface area (Å²) in [5.74, 6) is 0.155. The van der Waals surface area contributed by atoms with E-state index < -0.39 is 0 Å². The van der Waals surface area contributed by atoms with Gasteiger partial charge in [0.2, 0.25) is 11.8 Å². The van der Waals surface area contributed by atoms with E-state index in [1.54, 1.807) is 18.5 Å². The molecule has 2 heterocycles. The van der Waals surface area contributed by atoms with Gasteiger partial charge in [0, 0.05) is 63.3 Å². The van der Waals surface area contributed by atoms with Crippen molar-refractivity contribution in [1.82, 2.24) is 19.9 Å². The van der Waals surface area contributed by atoms with E-state index in [1.165, 1.54) is 4.90 Å². The number of imide groups is 1.